The van der Waals surface area contributed by atoms with Gasteiger partial charge in [-0.15, -0.1) is 0 Å². The van der Waals surface area contributed by atoms with Gasteiger partial charge in [0.2, 0.25) is 0 Å². The monoisotopic (exact) mass is 345 g/mol. The Balaban J connectivity index is 3.04. The van der Waals surface area contributed by atoms with E-state index in [2.05, 4.69) is 15.9 Å². The Labute approximate surface area is 106 Å². The maximum atomic E-state index is 11.0. The average molecular weight is 346 g/mol. The first-order chi connectivity index (χ1) is 7.60. The largest absolute Gasteiger partial charge is 0.778 e. The van der Waals surface area contributed by atoms with Crippen molar-refractivity contribution in [1.82, 2.24) is 0 Å². The van der Waals surface area contributed by atoms with E-state index in [4.69, 9.17) is 14.7 Å². The van der Waals surface area contributed by atoms with Crippen LogP contribution in [0.15, 0.2) is 29.0 Å². The topological polar surface area (TPSA) is 122 Å². The number of aromatic nitrogens is 1. The molecule has 1 aromatic rings. The molecule has 0 radical (unpaired) electrons. The smallest absolute Gasteiger partial charge is 0.343 e. The third-order valence-electron chi connectivity index (χ3n) is 1.96. The molecule has 2 unspecified atom stereocenters. The van der Waals surface area contributed by atoms with Gasteiger partial charge in [0.15, 0.2) is 31.9 Å². The molecule has 17 heavy (non-hydrogen) atoms. The van der Waals surface area contributed by atoms with E-state index in [-0.39, 0.29) is 0 Å². The number of nitrogens with zero attached hydrogens (tertiary/aromatic N) is 1. The van der Waals surface area contributed by atoms with Crippen LogP contribution in [0.25, 0.3) is 0 Å². The highest BCUT2D eigenvalue weighted by Gasteiger charge is 2.40. The molecule has 0 aliphatic carbocycles. The van der Waals surface area contributed by atoms with Crippen molar-refractivity contribution in [3.05, 3.63) is 29.0 Å². The molecular weight excluding hydrogens is 336 g/mol. The minimum absolute atomic E-state index is 0.527. The highest BCUT2D eigenvalue weighted by molar-refractivity contribution is 9.10. The lowest BCUT2D eigenvalue weighted by Gasteiger charge is -2.25. The Morgan fingerprint density at radius 1 is 1.41 bits per heavy atom. The van der Waals surface area contributed by atoms with Gasteiger partial charge < -0.3 is 24.1 Å². The van der Waals surface area contributed by atoms with Gasteiger partial charge in [0.05, 0.1) is 4.47 Å². The van der Waals surface area contributed by atoms with E-state index < -0.39 is 27.1 Å². The minimum atomic E-state index is -5.13. The van der Waals surface area contributed by atoms with Crippen LogP contribution < -0.4 is 9.46 Å². The maximum absolute atomic E-state index is 11.0. The first kappa shape index (κ1) is 15.0. The molecule has 0 spiro atoms. The lowest BCUT2D eigenvalue weighted by Crippen LogP contribution is -2.40. The predicted molar refractivity (Wildman–Crippen MR) is 60.0 cm³/mol. The summed E-state index contributed by atoms with van der Waals surface area (Å²) in [4.78, 5) is 37.6. The fraction of sp³-hybridized carbons (Fsp3) is 0.286. The summed E-state index contributed by atoms with van der Waals surface area (Å²) >= 11 is 3.13. The van der Waals surface area contributed by atoms with Gasteiger partial charge in [-0.1, -0.05) is 0 Å². The lowest BCUT2D eigenvalue weighted by atomic mass is 10.5. The molecule has 0 saturated heterocycles. The number of halogens is 1. The standard InChI is InChI=1S/C7H10BrNO6P2/c8-6-2-1-3-9(4-6)5-7(16(10,11)12)17(13,14)15/h1-4,7H,5H2,(H3-,10,11,12,13,14,15). The van der Waals surface area contributed by atoms with Crippen molar-refractivity contribution >= 4 is 31.1 Å². The van der Waals surface area contributed by atoms with Crippen LogP contribution in [0.4, 0.5) is 0 Å². The van der Waals surface area contributed by atoms with Crippen molar-refractivity contribution in [3.63, 3.8) is 0 Å². The molecule has 0 amide bonds. The van der Waals surface area contributed by atoms with Crippen LogP contribution in [0, 0.1) is 0 Å². The fourth-order valence-corrected chi connectivity index (χ4v) is 3.92. The summed E-state index contributed by atoms with van der Waals surface area (Å²) in [6.07, 6.45) is 2.88. The molecule has 1 aromatic heterocycles. The minimum Gasteiger partial charge on any atom is -0.778 e. The molecule has 0 aromatic carbocycles. The zero-order chi connectivity index (χ0) is 13.3. The molecule has 0 bridgehead atoms. The van der Waals surface area contributed by atoms with Crippen LogP contribution >= 0.6 is 31.1 Å². The summed E-state index contributed by atoms with van der Waals surface area (Å²) in [5, 5.41) is -2.14. The number of rotatable bonds is 4. The van der Waals surface area contributed by atoms with E-state index in [0.29, 0.717) is 4.47 Å². The molecule has 0 aliphatic heterocycles. The number of hydrogen-bond donors (Lipinski definition) is 3. The second-order valence-corrected chi connectivity index (χ2v) is 8.23. The summed E-state index contributed by atoms with van der Waals surface area (Å²) in [6, 6.07) is 3.23. The van der Waals surface area contributed by atoms with Crippen LogP contribution in [0.3, 0.4) is 0 Å². The predicted octanol–water partition coefficient (Wildman–Crippen LogP) is -0.214. The molecule has 1 heterocycles. The second kappa shape index (κ2) is 5.28. The fourth-order valence-electron chi connectivity index (χ4n) is 1.19. The van der Waals surface area contributed by atoms with Crippen molar-refractivity contribution in [3.8, 4) is 0 Å². The zero-order valence-corrected chi connectivity index (χ0v) is 11.8. The molecule has 3 N–H and O–H groups in total. The van der Waals surface area contributed by atoms with Gasteiger partial charge in [0.1, 0.15) is 0 Å². The molecule has 0 fully saturated rings. The molecule has 0 saturated carbocycles. The van der Waals surface area contributed by atoms with Gasteiger partial charge in [-0.2, -0.15) is 0 Å². The van der Waals surface area contributed by atoms with Crippen molar-refractivity contribution < 1.29 is 33.3 Å². The van der Waals surface area contributed by atoms with E-state index in [1.807, 2.05) is 0 Å². The van der Waals surface area contributed by atoms with Crippen LogP contribution in [-0.4, -0.2) is 20.1 Å². The average Bonchev–Trinajstić information content (AvgIpc) is 2.10. The second-order valence-electron chi connectivity index (χ2n) is 3.35. The normalized spacial score (nSPS) is 17.5. The highest BCUT2D eigenvalue weighted by Crippen LogP contribution is 2.57. The van der Waals surface area contributed by atoms with Gasteiger partial charge in [0.25, 0.3) is 0 Å². The van der Waals surface area contributed by atoms with Gasteiger partial charge in [-0.25, -0.2) is 4.57 Å². The van der Waals surface area contributed by atoms with Crippen LogP contribution in [0.5, 0.6) is 0 Å². The van der Waals surface area contributed by atoms with E-state index >= 15 is 0 Å². The van der Waals surface area contributed by atoms with E-state index in [9.17, 15) is 14.0 Å². The lowest BCUT2D eigenvalue weighted by molar-refractivity contribution is -0.695. The van der Waals surface area contributed by atoms with Crippen molar-refractivity contribution in [1.29, 1.82) is 0 Å². The molecule has 2 atom stereocenters. The van der Waals surface area contributed by atoms with Gasteiger partial charge in [-0.3, -0.25) is 4.57 Å². The summed E-state index contributed by atoms with van der Waals surface area (Å²) < 4.78 is 23.8. The van der Waals surface area contributed by atoms with Crippen molar-refractivity contribution in [2.45, 2.75) is 11.9 Å². The van der Waals surface area contributed by atoms with E-state index in [1.165, 1.54) is 17.0 Å². The Hall–Kier alpha value is -0.0700. The number of pyridine rings is 1. The zero-order valence-electron chi connectivity index (χ0n) is 8.38. The summed E-state index contributed by atoms with van der Waals surface area (Å²) in [6.45, 7) is -0.527. The summed E-state index contributed by atoms with van der Waals surface area (Å²) in [5.41, 5.74) is 0. The Bertz CT molecular complexity index is 475. The van der Waals surface area contributed by atoms with Crippen LogP contribution in [-0.2, 0) is 15.7 Å². The first-order valence-corrected chi connectivity index (χ1v) is 8.46. The number of hydrogen-bond acceptors (Lipinski definition) is 3. The van der Waals surface area contributed by atoms with Crippen LogP contribution in [0.1, 0.15) is 0 Å². The molecule has 96 valence electrons. The quantitative estimate of drug-likeness (QED) is 0.512. The molecule has 7 nitrogen and oxygen atoms in total. The SMILES string of the molecule is O=P([O-])(O)C(C[n+]1cccc(Br)c1)P(=O)(O)O. The molecule has 0 aliphatic rings. The first-order valence-electron chi connectivity index (χ1n) is 4.34. The Morgan fingerprint density at radius 2 is 2.00 bits per heavy atom. The van der Waals surface area contributed by atoms with Crippen molar-refractivity contribution in [2.24, 2.45) is 0 Å². The molecule has 10 heteroatoms. The molecule has 1 rings (SSSR count). The molecular formula is C7H10BrNO6P2. The third-order valence-corrected chi connectivity index (χ3v) is 6.06. The maximum Gasteiger partial charge on any atom is 0.343 e. The van der Waals surface area contributed by atoms with Gasteiger partial charge in [0, 0.05) is 6.07 Å². The van der Waals surface area contributed by atoms with E-state index in [1.54, 1.807) is 12.1 Å². The van der Waals surface area contributed by atoms with Gasteiger partial charge >= 0.3 is 7.60 Å². The third kappa shape index (κ3) is 4.60. The summed E-state index contributed by atoms with van der Waals surface area (Å²) in [7, 11) is -10.1. The highest BCUT2D eigenvalue weighted by atomic mass is 79.9. The van der Waals surface area contributed by atoms with Crippen LogP contribution in [0.2, 0.25) is 0 Å². The van der Waals surface area contributed by atoms with E-state index in [0.717, 1.165) is 0 Å². The summed E-state index contributed by atoms with van der Waals surface area (Å²) in [5.74, 6) is 0. The van der Waals surface area contributed by atoms with Gasteiger partial charge in [-0.05, 0) is 22.0 Å². The van der Waals surface area contributed by atoms with Crippen molar-refractivity contribution in [2.75, 3.05) is 0 Å². The Kier molecular flexibility index (Phi) is 4.66. The Morgan fingerprint density at radius 3 is 2.41 bits per heavy atom.